The number of rotatable bonds is 2. The van der Waals surface area contributed by atoms with E-state index in [0.717, 1.165) is 17.9 Å². The van der Waals surface area contributed by atoms with Gasteiger partial charge in [-0.05, 0) is 23.6 Å². The summed E-state index contributed by atoms with van der Waals surface area (Å²) in [6.07, 6.45) is 0.959. The van der Waals surface area contributed by atoms with Gasteiger partial charge in [-0.2, -0.15) is 0 Å². The molecule has 0 nitrogen and oxygen atoms in total. The smallest absolute Gasteiger partial charge is 0.126 e. The molecule has 0 saturated carbocycles. The predicted molar refractivity (Wildman–Crippen MR) is 49.5 cm³/mol. The Hall–Kier alpha value is -0.850. The fraction of sp³-hybridized carbons (Fsp3) is 0.364. The van der Waals surface area contributed by atoms with Crippen molar-refractivity contribution in [1.29, 1.82) is 0 Å². The van der Waals surface area contributed by atoms with E-state index in [9.17, 15) is 4.39 Å². The van der Waals surface area contributed by atoms with Crippen molar-refractivity contribution in [3.63, 3.8) is 0 Å². The molecule has 0 atom stereocenters. The van der Waals surface area contributed by atoms with Crippen LogP contribution < -0.4 is 0 Å². The van der Waals surface area contributed by atoms with Gasteiger partial charge in [0, 0.05) is 5.92 Å². The first kappa shape index (κ1) is 9.24. The van der Waals surface area contributed by atoms with Crippen LogP contribution in [0, 0.1) is 11.7 Å². The Bertz CT molecular complexity index is 264. The van der Waals surface area contributed by atoms with Crippen LogP contribution in [0.15, 0.2) is 18.2 Å². The van der Waals surface area contributed by atoms with Gasteiger partial charge in [0.05, 0.1) is 0 Å². The van der Waals surface area contributed by atoms with E-state index in [1.165, 1.54) is 5.56 Å². The standard InChI is InChI=1S/C11H14F/c1-4-9-5-6-11(12)10(7-9)8(2)3/h5-7H,4H2,1-3H3. The minimum atomic E-state index is -0.118. The number of hydrogen-bond donors (Lipinski definition) is 0. The fourth-order valence-electron chi connectivity index (χ4n) is 1.18. The molecule has 0 aliphatic carbocycles. The highest BCUT2D eigenvalue weighted by molar-refractivity contribution is 5.33. The minimum Gasteiger partial charge on any atom is -0.207 e. The molecule has 65 valence electrons. The van der Waals surface area contributed by atoms with Gasteiger partial charge in [0.2, 0.25) is 0 Å². The number of hydrogen-bond acceptors (Lipinski definition) is 0. The molecule has 0 heterocycles. The molecule has 12 heavy (non-hydrogen) atoms. The Morgan fingerprint density at radius 3 is 2.50 bits per heavy atom. The lowest BCUT2D eigenvalue weighted by atomic mass is 9.99. The molecule has 1 heteroatoms. The molecule has 0 spiro atoms. The largest absolute Gasteiger partial charge is 0.207 e. The Balaban J connectivity index is 3.08. The van der Waals surface area contributed by atoms with Crippen LogP contribution in [0.25, 0.3) is 0 Å². The summed E-state index contributed by atoms with van der Waals surface area (Å²) in [5, 5.41) is 0. The summed E-state index contributed by atoms with van der Waals surface area (Å²) in [5.41, 5.74) is 1.93. The van der Waals surface area contributed by atoms with Gasteiger partial charge in [-0.1, -0.05) is 32.9 Å². The quantitative estimate of drug-likeness (QED) is 0.630. The van der Waals surface area contributed by atoms with Gasteiger partial charge in [-0.15, -0.1) is 0 Å². The maximum Gasteiger partial charge on any atom is 0.126 e. The van der Waals surface area contributed by atoms with Crippen molar-refractivity contribution in [3.8, 4) is 0 Å². The number of aryl methyl sites for hydroxylation is 1. The van der Waals surface area contributed by atoms with Gasteiger partial charge in [-0.25, -0.2) is 4.39 Å². The van der Waals surface area contributed by atoms with Crippen LogP contribution in [-0.4, -0.2) is 0 Å². The van der Waals surface area contributed by atoms with Crippen LogP contribution in [0.4, 0.5) is 4.39 Å². The highest BCUT2D eigenvalue weighted by Gasteiger charge is 2.06. The zero-order valence-electron chi connectivity index (χ0n) is 7.82. The van der Waals surface area contributed by atoms with Crippen molar-refractivity contribution in [1.82, 2.24) is 0 Å². The average molecular weight is 165 g/mol. The predicted octanol–water partition coefficient (Wildman–Crippen LogP) is 3.35. The molecule has 0 fully saturated rings. The normalized spacial score (nSPS) is 10.8. The molecule has 1 radical (unpaired) electrons. The van der Waals surface area contributed by atoms with Crippen LogP contribution in [-0.2, 0) is 6.42 Å². The van der Waals surface area contributed by atoms with Crippen LogP contribution in [0.5, 0.6) is 0 Å². The maximum atomic E-state index is 13.1. The molecule has 1 aromatic rings. The Kier molecular flexibility index (Phi) is 2.85. The molecule has 0 aliphatic heterocycles. The van der Waals surface area contributed by atoms with Gasteiger partial charge < -0.3 is 0 Å². The summed E-state index contributed by atoms with van der Waals surface area (Å²) in [6, 6.07) is 5.30. The summed E-state index contributed by atoms with van der Waals surface area (Å²) < 4.78 is 13.1. The van der Waals surface area contributed by atoms with Crippen LogP contribution >= 0.6 is 0 Å². The molecule has 1 aromatic carbocycles. The van der Waals surface area contributed by atoms with Crippen molar-refractivity contribution in [2.75, 3.05) is 0 Å². The molecule has 0 aromatic heterocycles. The van der Waals surface area contributed by atoms with Crippen molar-refractivity contribution in [2.45, 2.75) is 27.2 Å². The number of halogens is 1. The van der Waals surface area contributed by atoms with E-state index in [0.29, 0.717) is 0 Å². The zero-order valence-corrected chi connectivity index (χ0v) is 7.82. The van der Waals surface area contributed by atoms with Gasteiger partial charge in [0.25, 0.3) is 0 Å². The van der Waals surface area contributed by atoms with E-state index in [1.807, 2.05) is 26.0 Å². The van der Waals surface area contributed by atoms with Crippen molar-refractivity contribution >= 4 is 0 Å². The lowest BCUT2D eigenvalue weighted by Crippen LogP contribution is -1.95. The minimum absolute atomic E-state index is 0.118. The summed E-state index contributed by atoms with van der Waals surface area (Å²) in [6.45, 7) is 5.93. The highest BCUT2D eigenvalue weighted by atomic mass is 19.1. The lowest BCUT2D eigenvalue weighted by molar-refractivity contribution is 0.615. The average Bonchev–Trinajstić information content (AvgIpc) is 2.05. The monoisotopic (exact) mass is 165 g/mol. The molecule has 0 amide bonds. The van der Waals surface area contributed by atoms with Crippen molar-refractivity contribution < 1.29 is 4.39 Å². The Labute approximate surface area is 73.4 Å². The SMILES string of the molecule is CCc1ccc(F)c([C](C)C)c1. The third-order valence-corrected chi connectivity index (χ3v) is 1.98. The molecule has 0 aliphatic rings. The molecular weight excluding hydrogens is 151 g/mol. The highest BCUT2D eigenvalue weighted by Crippen LogP contribution is 2.19. The first-order valence-corrected chi connectivity index (χ1v) is 4.24. The van der Waals surface area contributed by atoms with E-state index >= 15 is 0 Å². The second kappa shape index (κ2) is 3.70. The first-order valence-electron chi connectivity index (χ1n) is 4.24. The molecule has 0 N–H and O–H groups in total. The third kappa shape index (κ3) is 1.84. The molecular formula is C11H14F. The van der Waals surface area contributed by atoms with Crippen LogP contribution in [0.2, 0.25) is 0 Å². The lowest BCUT2D eigenvalue weighted by Gasteiger charge is -2.07. The van der Waals surface area contributed by atoms with Crippen LogP contribution in [0.3, 0.4) is 0 Å². The van der Waals surface area contributed by atoms with E-state index in [1.54, 1.807) is 6.07 Å². The topological polar surface area (TPSA) is 0 Å². The number of benzene rings is 1. The van der Waals surface area contributed by atoms with Gasteiger partial charge in [0.1, 0.15) is 5.82 Å². The van der Waals surface area contributed by atoms with E-state index in [2.05, 4.69) is 6.92 Å². The fourth-order valence-corrected chi connectivity index (χ4v) is 1.18. The van der Waals surface area contributed by atoms with E-state index in [-0.39, 0.29) is 5.82 Å². The molecule has 1 rings (SSSR count). The zero-order chi connectivity index (χ0) is 9.14. The second-order valence-corrected chi connectivity index (χ2v) is 3.17. The van der Waals surface area contributed by atoms with Crippen LogP contribution in [0.1, 0.15) is 31.9 Å². The maximum absolute atomic E-state index is 13.1. The van der Waals surface area contributed by atoms with Gasteiger partial charge >= 0.3 is 0 Å². The third-order valence-electron chi connectivity index (χ3n) is 1.98. The summed E-state index contributed by atoms with van der Waals surface area (Å²) in [4.78, 5) is 0. The second-order valence-electron chi connectivity index (χ2n) is 3.17. The Morgan fingerprint density at radius 2 is 2.00 bits per heavy atom. The summed E-state index contributed by atoms with van der Waals surface area (Å²) in [5.74, 6) is 0.912. The summed E-state index contributed by atoms with van der Waals surface area (Å²) >= 11 is 0. The Morgan fingerprint density at radius 1 is 1.33 bits per heavy atom. The van der Waals surface area contributed by atoms with Crippen molar-refractivity contribution in [2.24, 2.45) is 0 Å². The van der Waals surface area contributed by atoms with Crippen molar-refractivity contribution in [3.05, 3.63) is 41.1 Å². The molecule has 0 saturated heterocycles. The van der Waals surface area contributed by atoms with Gasteiger partial charge in [0.15, 0.2) is 0 Å². The summed E-state index contributed by atoms with van der Waals surface area (Å²) in [7, 11) is 0. The molecule has 0 bridgehead atoms. The van der Waals surface area contributed by atoms with E-state index < -0.39 is 0 Å². The van der Waals surface area contributed by atoms with E-state index in [4.69, 9.17) is 0 Å². The molecule has 0 unspecified atom stereocenters. The first-order chi connectivity index (χ1) is 5.65. The van der Waals surface area contributed by atoms with Gasteiger partial charge in [-0.3, -0.25) is 0 Å².